The Hall–Kier alpha value is -2.30. The average molecular weight is 285 g/mol. The van der Waals surface area contributed by atoms with Gasteiger partial charge < -0.3 is 16.4 Å². The van der Waals surface area contributed by atoms with E-state index >= 15 is 0 Å². The van der Waals surface area contributed by atoms with Crippen molar-refractivity contribution in [2.45, 2.75) is 40.2 Å². The van der Waals surface area contributed by atoms with Crippen molar-refractivity contribution in [3.63, 3.8) is 0 Å². The van der Waals surface area contributed by atoms with E-state index < -0.39 is 0 Å². The number of hydrogen-bond donors (Lipinski definition) is 3. The first kappa shape index (κ1) is 15.1. The molecule has 1 aromatic heterocycles. The highest BCUT2D eigenvalue weighted by atomic mass is 15.1. The topological polar surface area (TPSA) is 75.9 Å². The quantitative estimate of drug-likeness (QED) is 0.803. The fourth-order valence-electron chi connectivity index (χ4n) is 1.95. The lowest BCUT2D eigenvalue weighted by Crippen LogP contribution is -2.27. The van der Waals surface area contributed by atoms with Gasteiger partial charge in [0.1, 0.15) is 12.0 Å². The molecule has 112 valence electrons. The number of hydrogen-bond acceptors (Lipinski definition) is 5. The van der Waals surface area contributed by atoms with E-state index in [4.69, 9.17) is 5.73 Å². The van der Waals surface area contributed by atoms with Gasteiger partial charge in [0.25, 0.3) is 0 Å². The number of benzene rings is 1. The van der Waals surface area contributed by atoms with Crippen LogP contribution in [0.3, 0.4) is 0 Å². The summed E-state index contributed by atoms with van der Waals surface area (Å²) in [5.74, 6) is 1.26. The summed E-state index contributed by atoms with van der Waals surface area (Å²) in [5, 5.41) is 6.58. The van der Waals surface area contributed by atoms with Crippen molar-refractivity contribution in [3.8, 4) is 0 Å². The van der Waals surface area contributed by atoms with E-state index in [-0.39, 0.29) is 5.54 Å². The lowest BCUT2D eigenvalue weighted by atomic mass is 10.1. The predicted octanol–water partition coefficient (Wildman–Crippen LogP) is 3.63. The highest BCUT2D eigenvalue weighted by Gasteiger charge is 2.15. The average Bonchev–Trinajstić information content (AvgIpc) is 2.37. The van der Waals surface area contributed by atoms with Crippen LogP contribution in [-0.4, -0.2) is 15.5 Å². The molecular formula is C16H23N5. The minimum Gasteiger partial charge on any atom is -0.393 e. The van der Waals surface area contributed by atoms with Crippen LogP contribution in [0.4, 0.5) is 23.0 Å². The standard InChI is InChI=1S/C16H23N5/c1-10-6-7-11(2)12(8-10)20-14-13(17)15(19-9-18-14)21-16(3,4)5/h6-9H,17H2,1-5H3,(H2,18,19,20,21). The van der Waals surface area contributed by atoms with Crippen molar-refractivity contribution < 1.29 is 0 Å². The lowest BCUT2D eigenvalue weighted by Gasteiger charge is -2.23. The number of aromatic nitrogens is 2. The molecule has 5 nitrogen and oxygen atoms in total. The van der Waals surface area contributed by atoms with Crippen LogP contribution in [-0.2, 0) is 0 Å². The van der Waals surface area contributed by atoms with Crippen LogP contribution in [0, 0.1) is 13.8 Å². The van der Waals surface area contributed by atoms with Gasteiger partial charge in [-0.2, -0.15) is 0 Å². The summed E-state index contributed by atoms with van der Waals surface area (Å²) in [5.41, 5.74) is 9.91. The van der Waals surface area contributed by atoms with Crippen LogP contribution in [0.15, 0.2) is 24.5 Å². The van der Waals surface area contributed by atoms with Gasteiger partial charge in [0.05, 0.1) is 0 Å². The molecule has 0 saturated heterocycles. The third kappa shape index (κ3) is 3.84. The van der Waals surface area contributed by atoms with Gasteiger partial charge in [-0.3, -0.25) is 0 Å². The van der Waals surface area contributed by atoms with E-state index in [0.29, 0.717) is 17.3 Å². The second kappa shape index (κ2) is 5.60. The molecule has 4 N–H and O–H groups in total. The Balaban J connectivity index is 2.33. The zero-order valence-electron chi connectivity index (χ0n) is 13.3. The molecule has 0 aliphatic rings. The molecule has 2 rings (SSSR count). The Labute approximate surface area is 126 Å². The van der Waals surface area contributed by atoms with E-state index in [0.717, 1.165) is 11.3 Å². The number of nitrogens with two attached hydrogens (primary N) is 1. The maximum atomic E-state index is 6.18. The highest BCUT2D eigenvalue weighted by Crippen LogP contribution is 2.29. The van der Waals surface area contributed by atoms with E-state index in [9.17, 15) is 0 Å². The molecule has 5 heteroatoms. The van der Waals surface area contributed by atoms with Gasteiger partial charge in [0.15, 0.2) is 11.6 Å². The van der Waals surface area contributed by atoms with Gasteiger partial charge >= 0.3 is 0 Å². The largest absolute Gasteiger partial charge is 0.393 e. The second-order valence-corrected chi connectivity index (χ2v) is 6.30. The van der Waals surface area contributed by atoms with Crippen molar-refractivity contribution in [2.75, 3.05) is 16.4 Å². The number of aryl methyl sites for hydroxylation is 2. The zero-order valence-corrected chi connectivity index (χ0v) is 13.3. The molecule has 1 heterocycles. The Morgan fingerprint density at radius 3 is 2.38 bits per heavy atom. The van der Waals surface area contributed by atoms with Crippen LogP contribution in [0.25, 0.3) is 0 Å². The van der Waals surface area contributed by atoms with Crippen molar-refractivity contribution >= 4 is 23.0 Å². The third-order valence-electron chi connectivity index (χ3n) is 3.02. The van der Waals surface area contributed by atoms with Crippen LogP contribution in [0.2, 0.25) is 0 Å². The summed E-state index contributed by atoms with van der Waals surface area (Å²) in [6.07, 6.45) is 1.51. The van der Waals surface area contributed by atoms with Crippen molar-refractivity contribution in [1.29, 1.82) is 0 Å². The first-order chi connectivity index (χ1) is 9.76. The molecule has 0 spiro atoms. The molecule has 0 amide bonds. The van der Waals surface area contributed by atoms with Crippen molar-refractivity contribution in [2.24, 2.45) is 0 Å². The predicted molar refractivity (Wildman–Crippen MR) is 89.0 cm³/mol. The molecule has 0 aliphatic carbocycles. The molecule has 21 heavy (non-hydrogen) atoms. The monoisotopic (exact) mass is 285 g/mol. The second-order valence-electron chi connectivity index (χ2n) is 6.30. The molecule has 0 fully saturated rings. The lowest BCUT2D eigenvalue weighted by molar-refractivity contribution is 0.630. The zero-order chi connectivity index (χ0) is 15.6. The summed E-state index contributed by atoms with van der Waals surface area (Å²) < 4.78 is 0. The molecule has 0 bridgehead atoms. The molecule has 1 aromatic carbocycles. The van der Waals surface area contributed by atoms with Crippen molar-refractivity contribution in [3.05, 3.63) is 35.7 Å². The summed E-state index contributed by atoms with van der Waals surface area (Å²) in [6.45, 7) is 10.3. The molecule has 0 aliphatic heterocycles. The van der Waals surface area contributed by atoms with Gasteiger partial charge in [-0.25, -0.2) is 9.97 Å². The van der Waals surface area contributed by atoms with Crippen LogP contribution in [0.5, 0.6) is 0 Å². The normalized spacial score (nSPS) is 11.3. The number of rotatable bonds is 3. The summed E-state index contributed by atoms with van der Waals surface area (Å²) >= 11 is 0. The molecule has 2 aromatic rings. The highest BCUT2D eigenvalue weighted by molar-refractivity contribution is 5.78. The van der Waals surface area contributed by atoms with Crippen molar-refractivity contribution in [1.82, 2.24) is 9.97 Å². The molecule has 0 saturated carbocycles. The van der Waals surface area contributed by atoms with Crippen LogP contribution < -0.4 is 16.4 Å². The Morgan fingerprint density at radius 1 is 1.05 bits per heavy atom. The molecule has 0 unspecified atom stereocenters. The molecule has 0 radical (unpaired) electrons. The van der Waals surface area contributed by atoms with Gasteiger partial charge in [-0.05, 0) is 51.8 Å². The first-order valence-electron chi connectivity index (χ1n) is 6.99. The smallest absolute Gasteiger partial charge is 0.159 e. The summed E-state index contributed by atoms with van der Waals surface area (Å²) in [7, 11) is 0. The Bertz CT molecular complexity index is 644. The number of nitrogens with one attached hydrogen (secondary N) is 2. The maximum absolute atomic E-state index is 6.18. The SMILES string of the molecule is Cc1ccc(C)c(Nc2ncnc(NC(C)(C)C)c2N)c1. The molecular weight excluding hydrogens is 262 g/mol. The fourth-order valence-corrected chi connectivity index (χ4v) is 1.95. The third-order valence-corrected chi connectivity index (χ3v) is 3.02. The molecule has 0 atom stereocenters. The van der Waals surface area contributed by atoms with Gasteiger partial charge in [-0.15, -0.1) is 0 Å². The number of nitrogen functional groups attached to an aromatic ring is 1. The van der Waals surface area contributed by atoms with E-state index in [1.54, 1.807) is 0 Å². The summed E-state index contributed by atoms with van der Waals surface area (Å²) in [6, 6.07) is 6.23. The van der Waals surface area contributed by atoms with Gasteiger partial charge in [-0.1, -0.05) is 12.1 Å². The minimum absolute atomic E-state index is 0.112. The number of anilines is 4. The van der Waals surface area contributed by atoms with E-state index in [2.05, 4.69) is 66.5 Å². The van der Waals surface area contributed by atoms with Crippen LogP contribution >= 0.6 is 0 Å². The Morgan fingerprint density at radius 2 is 1.71 bits per heavy atom. The minimum atomic E-state index is -0.112. The van der Waals surface area contributed by atoms with Crippen LogP contribution in [0.1, 0.15) is 31.9 Å². The van der Waals surface area contributed by atoms with Gasteiger partial charge in [0, 0.05) is 11.2 Å². The van der Waals surface area contributed by atoms with E-state index in [1.165, 1.54) is 11.9 Å². The number of nitrogens with zero attached hydrogens (tertiary/aromatic N) is 2. The fraction of sp³-hybridized carbons (Fsp3) is 0.375. The Kier molecular flexibility index (Phi) is 4.02. The van der Waals surface area contributed by atoms with E-state index in [1.807, 2.05) is 6.92 Å². The maximum Gasteiger partial charge on any atom is 0.159 e. The van der Waals surface area contributed by atoms with Gasteiger partial charge in [0.2, 0.25) is 0 Å². The summed E-state index contributed by atoms with van der Waals surface area (Å²) in [4.78, 5) is 8.47. The first-order valence-corrected chi connectivity index (χ1v) is 6.99.